The zero-order chi connectivity index (χ0) is 29.3. The third kappa shape index (κ3) is 7.87. The molecule has 0 aliphatic carbocycles. The van der Waals surface area contributed by atoms with E-state index in [4.69, 9.17) is 23.7 Å². The molecule has 1 aromatic carbocycles. The van der Waals surface area contributed by atoms with Crippen molar-refractivity contribution in [1.29, 1.82) is 0 Å². The number of aliphatic hydroxyl groups excluding tert-OH is 1. The number of anilines is 2. The molecule has 10 heteroatoms. The maximum atomic E-state index is 10.6. The fourth-order valence-corrected chi connectivity index (χ4v) is 4.79. The molecule has 3 N–H and O–H groups in total. The number of hydrogen-bond acceptors (Lipinski definition) is 10. The lowest BCUT2D eigenvalue weighted by Gasteiger charge is -2.24. The first-order valence-electron chi connectivity index (χ1n) is 13.5. The molecule has 224 valence electrons. The van der Waals surface area contributed by atoms with Crippen molar-refractivity contribution in [3.63, 3.8) is 0 Å². The van der Waals surface area contributed by atoms with Gasteiger partial charge in [0, 0.05) is 29.5 Å². The van der Waals surface area contributed by atoms with Crippen molar-refractivity contribution < 1.29 is 31.6 Å². The van der Waals surface area contributed by atoms with Crippen LogP contribution < -0.4 is 20.1 Å². The van der Waals surface area contributed by atoms with Crippen LogP contribution in [0.15, 0.2) is 36.1 Å². The van der Waals surface area contributed by atoms with Crippen molar-refractivity contribution in [2.24, 2.45) is 0 Å². The van der Waals surface area contributed by atoms with Crippen LogP contribution in [0.25, 0.3) is 0 Å². The van der Waals surface area contributed by atoms with Crippen molar-refractivity contribution in [3.05, 3.63) is 58.4 Å². The highest BCUT2D eigenvalue weighted by molar-refractivity contribution is 5.62. The van der Waals surface area contributed by atoms with Gasteiger partial charge < -0.3 is 39.4 Å². The minimum atomic E-state index is -0.366. The fraction of sp³-hybridized carbons (Fsp3) is 0.533. The Morgan fingerprint density at radius 2 is 1.68 bits per heavy atom. The minimum Gasteiger partial charge on any atom is -0.512 e. The Labute approximate surface area is 240 Å². The minimum absolute atomic E-state index is 0. The van der Waals surface area contributed by atoms with Crippen LogP contribution in [-0.2, 0) is 31.8 Å². The van der Waals surface area contributed by atoms with Crippen LogP contribution in [0.4, 0.5) is 11.6 Å². The van der Waals surface area contributed by atoms with E-state index < -0.39 is 0 Å². The first-order valence-corrected chi connectivity index (χ1v) is 13.5. The highest BCUT2D eigenvalue weighted by Crippen LogP contribution is 2.47. The molecule has 40 heavy (non-hydrogen) atoms. The van der Waals surface area contributed by atoms with E-state index >= 15 is 0 Å². The van der Waals surface area contributed by atoms with E-state index in [1.54, 1.807) is 19.3 Å². The lowest BCUT2D eigenvalue weighted by atomic mass is 9.86. The molecule has 3 rings (SSSR count). The highest BCUT2D eigenvalue weighted by Gasteiger charge is 2.43. The van der Waals surface area contributed by atoms with Crippen LogP contribution in [0, 0.1) is 6.92 Å². The molecule has 1 aromatic heterocycles. The monoisotopic (exact) mass is 560 g/mol. The number of nitrogens with zero attached hydrogens (tertiary/aromatic N) is 2. The number of nitrogens with one attached hydrogen (secondary N) is 2. The number of hydrogen-bond donors (Lipinski definition) is 3. The van der Waals surface area contributed by atoms with Gasteiger partial charge in [0.05, 0.1) is 37.8 Å². The maximum Gasteiger partial charge on any atom is 0.246 e. The highest BCUT2D eigenvalue weighted by atomic mass is 16.5. The first-order chi connectivity index (χ1) is 19.0. The topological polar surface area (TPSA) is 116 Å². The van der Waals surface area contributed by atoms with Crippen molar-refractivity contribution in [2.75, 3.05) is 58.5 Å². The Hall–Kier alpha value is -3.34. The molecule has 0 unspecified atom stereocenters. The van der Waals surface area contributed by atoms with Crippen molar-refractivity contribution in [1.82, 2.24) is 9.97 Å². The quantitative estimate of drug-likeness (QED) is 0.106. The van der Waals surface area contributed by atoms with Crippen LogP contribution >= 0.6 is 0 Å². The zero-order valence-electron chi connectivity index (χ0n) is 25.0. The summed E-state index contributed by atoms with van der Waals surface area (Å²) in [4.78, 5) is 8.76. The number of aliphatic hydroxyl groups is 1. The molecule has 2 aromatic rings. The van der Waals surface area contributed by atoms with Gasteiger partial charge in [-0.25, -0.2) is 0 Å². The maximum absolute atomic E-state index is 10.6. The lowest BCUT2D eigenvalue weighted by molar-refractivity contribution is -0.105. The molecular formula is C30H48N4O6. The van der Waals surface area contributed by atoms with Gasteiger partial charge in [-0.05, 0) is 69.4 Å². The van der Waals surface area contributed by atoms with Crippen LogP contribution in [-0.4, -0.2) is 62.9 Å². The van der Waals surface area contributed by atoms with Gasteiger partial charge in [-0.3, -0.25) is 0 Å². The van der Waals surface area contributed by atoms with Crippen molar-refractivity contribution in [2.45, 2.75) is 58.7 Å². The zero-order valence-corrected chi connectivity index (χ0v) is 25.0. The molecule has 0 spiro atoms. The molecule has 0 amide bonds. The summed E-state index contributed by atoms with van der Waals surface area (Å²) in [5, 5.41) is 16.8. The average Bonchev–Trinajstić information content (AvgIpc) is 3.08. The number of methoxy groups -OCH3 is 3. The Morgan fingerprint density at radius 3 is 2.30 bits per heavy atom. The summed E-state index contributed by atoms with van der Waals surface area (Å²) >= 11 is 0. The smallest absolute Gasteiger partial charge is 0.246 e. The number of aryl methyl sites for hydroxylation is 1. The molecular weight excluding hydrogens is 512 g/mol. The third-order valence-corrected chi connectivity index (χ3v) is 6.68. The Kier molecular flexibility index (Phi) is 10.8. The van der Waals surface area contributed by atoms with E-state index in [1.165, 1.54) is 25.3 Å². The van der Waals surface area contributed by atoms with Crippen LogP contribution in [0.2, 0.25) is 0 Å². The summed E-state index contributed by atoms with van der Waals surface area (Å²) in [6, 6.07) is 4.35. The van der Waals surface area contributed by atoms with E-state index in [-0.39, 0.29) is 26.5 Å². The predicted octanol–water partition coefficient (Wildman–Crippen LogP) is 5.87. The summed E-state index contributed by atoms with van der Waals surface area (Å²) in [5.74, 6) is 1.36. The van der Waals surface area contributed by atoms with Gasteiger partial charge in [-0.15, -0.1) is 0 Å². The van der Waals surface area contributed by atoms with Crippen molar-refractivity contribution >= 4 is 11.6 Å². The van der Waals surface area contributed by atoms with E-state index in [0.29, 0.717) is 49.6 Å². The Bertz CT molecular complexity index is 1200. The van der Waals surface area contributed by atoms with Crippen LogP contribution in [0.1, 0.15) is 59.2 Å². The largest absolute Gasteiger partial charge is 0.512 e. The predicted molar refractivity (Wildman–Crippen MR) is 161 cm³/mol. The Morgan fingerprint density at radius 1 is 1.02 bits per heavy atom. The SMILES string of the molecule is COCCCNc1nc(OC)c(NCOC/C=C/C=C(\O)Cc2cc3c(cc2C)C(C)(C)OC3(C)C)c(OC)n1.[HH].[HH]. The number of ether oxygens (including phenoxy) is 5. The van der Waals surface area contributed by atoms with E-state index in [9.17, 15) is 5.11 Å². The summed E-state index contributed by atoms with van der Waals surface area (Å²) in [7, 11) is 4.73. The van der Waals surface area contributed by atoms with Crippen LogP contribution in [0.5, 0.6) is 11.8 Å². The number of aromatic nitrogens is 2. The molecule has 1 aliphatic rings. The van der Waals surface area contributed by atoms with Crippen molar-refractivity contribution in [3.8, 4) is 11.8 Å². The third-order valence-electron chi connectivity index (χ3n) is 6.68. The molecule has 0 atom stereocenters. The van der Waals surface area contributed by atoms with Gasteiger partial charge in [-0.1, -0.05) is 24.3 Å². The molecule has 1 aliphatic heterocycles. The second-order valence-corrected chi connectivity index (χ2v) is 10.6. The normalized spacial score (nSPS) is 15.8. The molecule has 0 saturated heterocycles. The molecule has 0 fully saturated rings. The fourth-order valence-electron chi connectivity index (χ4n) is 4.79. The summed E-state index contributed by atoms with van der Waals surface area (Å²) in [5.41, 5.74) is 4.40. The molecule has 0 saturated carbocycles. The van der Waals surface area contributed by atoms with E-state index in [1.807, 2.05) is 6.08 Å². The summed E-state index contributed by atoms with van der Waals surface area (Å²) in [6.07, 6.45) is 6.55. The second-order valence-electron chi connectivity index (χ2n) is 10.6. The molecule has 2 heterocycles. The van der Waals surface area contributed by atoms with Crippen LogP contribution in [0.3, 0.4) is 0 Å². The number of rotatable bonds is 15. The van der Waals surface area contributed by atoms with Gasteiger partial charge >= 0.3 is 0 Å². The number of benzene rings is 1. The molecule has 0 radical (unpaired) electrons. The number of allylic oxidation sites excluding steroid dienone is 3. The number of fused-ring (bicyclic) bond motifs is 1. The van der Waals surface area contributed by atoms with Gasteiger partial charge in [0.25, 0.3) is 0 Å². The van der Waals surface area contributed by atoms with E-state index in [2.05, 4.69) is 67.4 Å². The summed E-state index contributed by atoms with van der Waals surface area (Å²) < 4.78 is 27.8. The van der Waals surface area contributed by atoms with Gasteiger partial charge in [-0.2, -0.15) is 9.97 Å². The lowest BCUT2D eigenvalue weighted by Crippen LogP contribution is -2.22. The standard InChI is InChI=1S/C30H44N4O6.2H2/c1-20-16-23-24(30(4,5)40-29(23,2)3)18-21(20)17-22(35)12-9-10-15-39-19-32-25-26(37-7)33-28(34-27(25)38-8)31-13-11-14-36-6;;/h9-10,12,16,18,32,35H,11,13-15,17,19H2,1-8H3,(H,31,33,34);2*1H/b10-9+,22-12-;;. The Balaban J connectivity index is 0.00000441. The van der Waals surface area contributed by atoms with E-state index in [0.717, 1.165) is 17.5 Å². The molecule has 0 bridgehead atoms. The molecule has 10 nitrogen and oxygen atoms in total. The average molecular weight is 561 g/mol. The second kappa shape index (κ2) is 13.8. The first kappa shape index (κ1) is 31.2. The van der Waals surface area contributed by atoms with Gasteiger partial charge in [0.1, 0.15) is 6.73 Å². The van der Waals surface area contributed by atoms with Gasteiger partial charge in [0.15, 0.2) is 5.69 Å². The summed E-state index contributed by atoms with van der Waals surface area (Å²) in [6.45, 7) is 12.3. The van der Waals surface area contributed by atoms with Gasteiger partial charge in [0.2, 0.25) is 17.7 Å².